The highest BCUT2D eigenvalue weighted by Gasteiger charge is 2.28. The molecule has 0 atom stereocenters. The van der Waals surface area contributed by atoms with Crippen molar-refractivity contribution in [1.29, 1.82) is 0 Å². The highest BCUT2D eigenvalue weighted by molar-refractivity contribution is 6.17. The number of aliphatic carboxylic acids is 1. The minimum absolute atomic E-state index is 0.0185. The summed E-state index contributed by atoms with van der Waals surface area (Å²) in [6.45, 7) is 4.96. The summed E-state index contributed by atoms with van der Waals surface area (Å²) in [4.78, 5) is 24.7. The molecule has 0 saturated carbocycles. The van der Waals surface area contributed by atoms with Gasteiger partial charge in [0.15, 0.2) is 23.0 Å². The van der Waals surface area contributed by atoms with Crippen LogP contribution in [0.3, 0.4) is 0 Å². The minimum Gasteiger partial charge on any atom is -0.497 e. The monoisotopic (exact) mass is 507 g/mol. The molecule has 1 aromatic heterocycles. The number of carbonyl (C=O) groups is 2. The summed E-state index contributed by atoms with van der Waals surface area (Å²) in [7, 11) is 1.53. The van der Waals surface area contributed by atoms with Crippen molar-refractivity contribution >= 4 is 22.7 Å². The molecule has 0 bridgehead atoms. The molecular formula is C29H27F2NO5. The summed E-state index contributed by atoms with van der Waals surface area (Å²) < 4.78 is 41.6. The van der Waals surface area contributed by atoms with Gasteiger partial charge in [0.05, 0.1) is 24.8 Å². The quantitative estimate of drug-likeness (QED) is 0.286. The van der Waals surface area contributed by atoms with Crippen LogP contribution in [0.5, 0.6) is 5.75 Å². The van der Waals surface area contributed by atoms with Crippen molar-refractivity contribution in [3.8, 4) is 5.75 Å². The molecule has 0 aliphatic heterocycles. The number of carboxylic acid groups (broad SMARTS) is 1. The number of carboxylic acids is 1. The molecule has 1 heterocycles. The van der Waals surface area contributed by atoms with Crippen LogP contribution in [0.4, 0.5) is 8.78 Å². The molecule has 37 heavy (non-hydrogen) atoms. The van der Waals surface area contributed by atoms with Crippen molar-refractivity contribution in [2.45, 2.75) is 39.5 Å². The van der Waals surface area contributed by atoms with E-state index in [2.05, 4.69) is 0 Å². The normalized spacial score (nSPS) is 11.6. The fourth-order valence-electron chi connectivity index (χ4n) is 4.12. The largest absolute Gasteiger partial charge is 0.497 e. The van der Waals surface area contributed by atoms with Crippen LogP contribution in [0, 0.1) is 18.6 Å². The van der Waals surface area contributed by atoms with Crippen molar-refractivity contribution in [2.75, 3.05) is 7.11 Å². The first-order chi connectivity index (χ1) is 17.5. The van der Waals surface area contributed by atoms with Gasteiger partial charge in [0.1, 0.15) is 5.75 Å². The summed E-state index contributed by atoms with van der Waals surface area (Å²) in [6.07, 6.45) is 0. The van der Waals surface area contributed by atoms with Gasteiger partial charge in [0.2, 0.25) is 0 Å². The van der Waals surface area contributed by atoms with E-state index in [0.717, 1.165) is 17.2 Å². The molecule has 0 unspecified atom stereocenters. The average molecular weight is 508 g/mol. The van der Waals surface area contributed by atoms with Crippen LogP contribution in [0.25, 0.3) is 10.9 Å². The van der Waals surface area contributed by atoms with E-state index < -0.39 is 23.2 Å². The smallest absolute Gasteiger partial charge is 0.335 e. The Kier molecular flexibility index (Phi) is 7.14. The van der Waals surface area contributed by atoms with Crippen molar-refractivity contribution in [1.82, 2.24) is 4.57 Å². The maximum absolute atomic E-state index is 15.1. The lowest BCUT2D eigenvalue weighted by Gasteiger charge is -2.20. The van der Waals surface area contributed by atoms with Crippen LogP contribution in [-0.2, 0) is 22.7 Å². The molecule has 0 aliphatic carbocycles. The third-order valence-electron chi connectivity index (χ3n) is 6.43. The van der Waals surface area contributed by atoms with Crippen LogP contribution < -0.4 is 4.74 Å². The number of ether oxygens (including phenoxy) is 2. The highest BCUT2D eigenvalue weighted by Crippen LogP contribution is 2.32. The maximum Gasteiger partial charge on any atom is 0.335 e. The number of halogens is 2. The summed E-state index contributed by atoms with van der Waals surface area (Å²) in [5, 5.41) is 9.54. The molecule has 4 rings (SSSR count). The zero-order valence-corrected chi connectivity index (χ0v) is 21.0. The van der Waals surface area contributed by atoms with E-state index in [9.17, 15) is 19.1 Å². The molecule has 0 radical (unpaired) electrons. The van der Waals surface area contributed by atoms with E-state index in [1.54, 1.807) is 60.0 Å². The first-order valence-corrected chi connectivity index (χ1v) is 11.6. The molecular weight excluding hydrogens is 480 g/mol. The Hall–Kier alpha value is -4.04. The van der Waals surface area contributed by atoms with Crippen LogP contribution in [-0.4, -0.2) is 34.1 Å². The van der Waals surface area contributed by atoms with E-state index >= 15 is 4.39 Å². The standard InChI is InChI=1S/C29H27F2NO5/c1-17-24(27(33)20-9-11-21(36-4)12-10-20)22-13-14-23(30)25(31)26(22)32(17)15-18-5-7-19(8-6-18)16-37-29(2,3)28(34)35/h5-14H,15-16H2,1-4H3,(H,34,35). The topological polar surface area (TPSA) is 77.8 Å². The Morgan fingerprint density at radius 1 is 0.946 bits per heavy atom. The lowest BCUT2D eigenvalue weighted by molar-refractivity contribution is -0.162. The summed E-state index contributed by atoms with van der Waals surface area (Å²) >= 11 is 0. The first kappa shape index (κ1) is 26.0. The predicted molar refractivity (Wildman–Crippen MR) is 135 cm³/mol. The zero-order valence-electron chi connectivity index (χ0n) is 21.0. The molecule has 8 heteroatoms. The first-order valence-electron chi connectivity index (χ1n) is 11.6. The Morgan fingerprint density at radius 3 is 2.16 bits per heavy atom. The second-order valence-corrected chi connectivity index (χ2v) is 9.28. The van der Waals surface area contributed by atoms with Gasteiger partial charge in [-0.25, -0.2) is 13.6 Å². The number of carbonyl (C=O) groups excluding carboxylic acids is 1. The third-order valence-corrected chi connectivity index (χ3v) is 6.43. The minimum atomic E-state index is -1.33. The van der Waals surface area contributed by atoms with Gasteiger partial charge in [-0.05, 0) is 68.3 Å². The van der Waals surface area contributed by atoms with E-state index in [1.165, 1.54) is 27.0 Å². The number of benzene rings is 3. The molecule has 6 nitrogen and oxygen atoms in total. The van der Waals surface area contributed by atoms with Gasteiger partial charge in [0.25, 0.3) is 0 Å². The molecule has 0 amide bonds. The van der Waals surface area contributed by atoms with E-state index in [4.69, 9.17) is 9.47 Å². The Morgan fingerprint density at radius 2 is 1.57 bits per heavy atom. The van der Waals surface area contributed by atoms with Gasteiger partial charge in [-0.1, -0.05) is 24.3 Å². The number of fused-ring (bicyclic) bond motifs is 1. The summed E-state index contributed by atoms with van der Waals surface area (Å²) in [6, 6.07) is 16.3. The van der Waals surface area contributed by atoms with Crippen LogP contribution >= 0.6 is 0 Å². The Bertz CT molecular complexity index is 1470. The third kappa shape index (κ3) is 5.11. The molecule has 3 aromatic carbocycles. The summed E-state index contributed by atoms with van der Waals surface area (Å²) in [5.41, 5.74) is 1.46. The van der Waals surface area contributed by atoms with E-state index in [1.807, 2.05) is 0 Å². The Labute approximate surface area is 213 Å². The number of nitrogens with zero attached hydrogens (tertiary/aromatic N) is 1. The van der Waals surface area contributed by atoms with Crippen molar-refractivity contribution < 1.29 is 33.0 Å². The Balaban J connectivity index is 1.69. The van der Waals surface area contributed by atoms with Crippen LogP contribution in [0.2, 0.25) is 0 Å². The fourth-order valence-corrected chi connectivity index (χ4v) is 4.12. The van der Waals surface area contributed by atoms with Gasteiger partial charge in [0, 0.05) is 23.2 Å². The second-order valence-electron chi connectivity index (χ2n) is 9.28. The van der Waals surface area contributed by atoms with E-state index in [-0.39, 0.29) is 24.5 Å². The maximum atomic E-state index is 15.1. The van der Waals surface area contributed by atoms with Gasteiger partial charge < -0.3 is 19.1 Å². The van der Waals surface area contributed by atoms with E-state index in [0.29, 0.717) is 28.0 Å². The van der Waals surface area contributed by atoms with Gasteiger partial charge in [-0.2, -0.15) is 0 Å². The van der Waals surface area contributed by atoms with Crippen molar-refractivity contribution in [3.63, 3.8) is 0 Å². The number of rotatable bonds is 9. The lowest BCUT2D eigenvalue weighted by atomic mass is 10.0. The SMILES string of the molecule is COc1ccc(C(=O)c2c(C)n(Cc3ccc(COC(C)(C)C(=O)O)cc3)c3c(F)c(F)ccc23)cc1. The molecule has 192 valence electrons. The summed E-state index contributed by atoms with van der Waals surface area (Å²) in [5.74, 6) is -2.78. The zero-order chi connectivity index (χ0) is 26.9. The number of hydrogen-bond donors (Lipinski definition) is 1. The van der Waals surface area contributed by atoms with Gasteiger partial charge in [-0.15, -0.1) is 0 Å². The number of ketones is 1. The molecule has 0 fully saturated rings. The second kappa shape index (κ2) is 10.1. The van der Waals surface area contributed by atoms with Gasteiger partial charge >= 0.3 is 5.97 Å². The van der Waals surface area contributed by atoms with Crippen molar-refractivity contribution in [2.24, 2.45) is 0 Å². The molecule has 1 N–H and O–H groups in total. The molecule has 0 aliphatic rings. The molecule has 4 aromatic rings. The average Bonchev–Trinajstić information content (AvgIpc) is 3.16. The molecule has 0 spiro atoms. The highest BCUT2D eigenvalue weighted by atomic mass is 19.2. The van der Waals surface area contributed by atoms with Crippen LogP contribution in [0.1, 0.15) is 46.6 Å². The van der Waals surface area contributed by atoms with Crippen molar-refractivity contribution in [3.05, 3.63) is 100 Å². The molecule has 0 saturated heterocycles. The predicted octanol–water partition coefficient (Wildman–Crippen LogP) is 5.90. The fraction of sp³-hybridized carbons (Fsp3) is 0.241. The number of methoxy groups -OCH3 is 1. The number of aromatic nitrogens is 1. The lowest BCUT2D eigenvalue weighted by Crippen LogP contribution is -2.34. The van der Waals surface area contributed by atoms with Gasteiger partial charge in [-0.3, -0.25) is 4.79 Å². The van der Waals surface area contributed by atoms with Crippen LogP contribution in [0.15, 0.2) is 60.7 Å². The number of hydrogen-bond acceptors (Lipinski definition) is 4.